The summed E-state index contributed by atoms with van der Waals surface area (Å²) in [5.41, 5.74) is 0. The molecule has 0 atom stereocenters. The van der Waals surface area contributed by atoms with Gasteiger partial charge in [0, 0.05) is 6.61 Å². The van der Waals surface area contributed by atoms with Gasteiger partial charge in [0.05, 0.1) is 19.0 Å². The molecule has 0 aliphatic carbocycles. The maximum absolute atomic E-state index is 5.60. The van der Waals surface area contributed by atoms with E-state index in [2.05, 4.69) is 9.97 Å². The van der Waals surface area contributed by atoms with Crippen molar-refractivity contribution in [3.63, 3.8) is 0 Å². The molecule has 0 radical (unpaired) electrons. The van der Waals surface area contributed by atoms with Gasteiger partial charge in [0.25, 0.3) is 0 Å². The highest BCUT2D eigenvalue weighted by Crippen LogP contribution is 2.08. The maximum Gasteiger partial charge on any atom is 0.233 e. The molecule has 72 valence electrons. The topological polar surface area (TPSA) is 44.2 Å². The molecule has 0 saturated heterocycles. The molecule has 5 heteroatoms. The Labute approximate surface area is 81.9 Å². The average molecular weight is 203 g/mol. The quantitative estimate of drug-likeness (QED) is 0.680. The first-order chi connectivity index (χ1) is 6.33. The Morgan fingerprint density at radius 1 is 1.38 bits per heavy atom. The van der Waals surface area contributed by atoms with Crippen LogP contribution in [0.2, 0.25) is 5.15 Å². The SMILES string of the molecule is CCOCCOc1cncc(Cl)n1. The zero-order valence-electron chi connectivity index (χ0n) is 7.36. The van der Waals surface area contributed by atoms with Gasteiger partial charge in [-0.25, -0.2) is 0 Å². The monoisotopic (exact) mass is 202 g/mol. The first-order valence-electron chi connectivity index (χ1n) is 4.01. The van der Waals surface area contributed by atoms with Gasteiger partial charge in [0.15, 0.2) is 5.15 Å². The van der Waals surface area contributed by atoms with Crippen LogP contribution in [0.15, 0.2) is 12.4 Å². The van der Waals surface area contributed by atoms with Gasteiger partial charge < -0.3 is 9.47 Å². The summed E-state index contributed by atoms with van der Waals surface area (Å²) in [6, 6.07) is 0. The number of nitrogens with zero attached hydrogens (tertiary/aromatic N) is 2. The summed E-state index contributed by atoms with van der Waals surface area (Å²) in [4.78, 5) is 7.72. The first kappa shape index (κ1) is 10.2. The van der Waals surface area contributed by atoms with E-state index < -0.39 is 0 Å². The summed E-state index contributed by atoms with van der Waals surface area (Å²) in [5.74, 6) is 0.423. The lowest BCUT2D eigenvalue weighted by atomic mass is 10.7. The lowest BCUT2D eigenvalue weighted by molar-refractivity contribution is 0.108. The lowest BCUT2D eigenvalue weighted by Gasteiger charge is -2.04. The van der Waals surface area contributed by atoms with Gasteiger partial charge in [-0.15, -0.1) is 0 Å². The van der Waals surface area contributed by atoms with Crippen molar-refractivity contribution in [3.05, 3.63) is 17.5 Å². The van der Waals surface area contributed by atoms with Crippen LogP contribution in [0.1, 0.15) is 6.92 Å². The van der Waals surface area contributed by atoms with Crippen molar-refractivity contribution in [2.24, 2.45) is 0 Å². The fourth-order valence-electron chi connectivity index (χ4n) is 0.745. The molecule has 4 nitrogen and oxygen atoms in total. The zero-order chi connectivity index (χ0) is 9.52. The molecule has 1 aromatic heterocycles. The van der Waals surface area contributed by atoms with Gasteiger partial charge in [0.1, 0.15) is 6.61 Å². The van der Waals surface area contributed by atoms with Crippen molar-refractivity contribution in [2.75, 3.05) is 19.8 Å². The van der Waals surface area contributed by atoms with Crippen molar-refractivity contribution < 1.29 is 9.47 Å². The number of ether oxygens (including phenoxy) is 2. The molecule has 0 aliphatic rings. The van der Waals surface area contributed by atoms with Gasteiger partial charge in [-0.2, -0.15) is 4.98 Å². The largest absolute Gasteiger partial charge is 0.474 e. The van der Waals surface area contributed by atoms with E-state index >= 15 is 0 Å². The van der Waals surface area contributed by atoms with Gasteiger partial charge in [-0.1, -0.05) is 11.6 Å². The van der Waals surface area contributed by atoms with E-state index in [0.29, 0.717) is 30.9 Å². The highest BCUT2D eigenvalue weighted by molar-refractivity contribution is 6.29. The fraction of sp³-hybridized carbons (Fsp3) is 0.500. The van der Waals surface area contributed by atoms with Gasteiger partial charge in [-0.05, 0) is 6.92 Å². The predicted octanol–water partition coefficient (Wildman–Crippen LogP) is 1.55. The highest BCUT2D eigenvalue weighted by Gasteiger charge is 1.96. The third kappa shape index (κ3) is 4.05. The number of rotatable bonds is 5. The molecule has 0 fully saturated rings. The van der Waals surface area contributed by atoms with Gasteiger partial charge in [-0.3, -0.25) is 4.98 Å². The van der Waals surface area contributed by atoms with Crippen LogP contribution >= 0.6 is 11.6 Å². The molecular formula is C8H11ClN2O2. The average Bonchev–Trinajstić information content (AvgIpc) is 2.13. The summed E-state index contributed by atoms with van der Waals surface area (Å²) in [7, 11) is 0. The molecule has 0 amide bonds. The molecule has 0 bridgehead atoms. The summed E-state index contributed by atoms with van der Waals surface area (Å²) < 4.78 is 10.3. The van der Waals surface area contributed by atoms with Crippen LogP contribution < -0.4 is 4.74 Å². The summed E-state index contributed by atoms with van der Waals surface area (Å²) >= 11 is 5.60. The number of hydrogen-bond donors (Lipinski definition) is 0. The second kappa shape index (κ2) is 5.72. The molecule has 0 saturated carbocycles. The van der Waals surface area contributed by atoms with Crippen LogP contribution in [0.25, 0.3) is 0 Å². The van der Waals surface area contributed by atoms with E-state index in [9.17, 15) is 0 Å². The number of aromatic nitrogens is 2. The third-order valence-electron chi connectivity index (χ3n) is 1.26. The van der Waals surface area contributed by atoms with Crippen LogP contribution in [0.3, 0.4) is 0 Å². The minimum atomic E-state index is 0.328. The molecule has 1 heterocycles. The van der Waals surface area contributed by atoms with Crippen molar-refractivity contribution in [1.82, 2.24) is 9.97 Å². The van der Waals surface area contributed by atoms with Crippen molar-refractivity contribution in [1.29, 1.82) is 0 Å². The van der Waals surface area contributed by atoms with Crippen LogP contribution in [-0.2, 0) is 4.74 Å². The number of hydrogen-bond acceptors (Lipinski definition) is 4. The van der Waals surface area contributed by atoms with Gasteiger partial charge >= 0.3 is 0 Å². The van der Waals surface area contributed by atoms with E-state index in [1.807, 2.05) is 6.92 Å². The standard InChI is InChI=1S/C8H11ClN2O2/c1-2-12-3-4-13-8-6-10-5-7(9)11-8/h5-6H,2-4H2,1H3. The van der Waals surface area contributed by atoms with E-state index in [-0.39, 0.29) is 0 Å². The zero-order valence-corrected chi connectivity index (χ0v) is 8.12. The Balaban J connectivity index is 2.28. The maximum atomic E-state index is 5.60. The van der Waals surface area contributed by atoms with E-state index in [1.54, 1.807) is 0 Å². The minimum absolute atomic E-state index is 0.328. The van der Waals surface area contributed by atoms with Crippen molar-refractivity contribution in [2.45, 2.75) is 6.92 Å². The lowest BCUT2D eigenvalue weighted by Crippen LogP contribution is -2.07. The second-order valence-corrected chi connectivity index (χ2v) is 2.61. The first-order valence-corrected chi connectivity index (χ1v) is 4.39. The number of halogens is 1. The summed E-state index contributed by atoms with van der Waals surface area (Å²) in [5, 5.41) is 0.328. The minimum Gasteiger partial charge on any atom is -0.474 e. The Kier molecular flexibility index (Phi) is 4.49. The second-order valence-electron chi connectivity index (χ2n) is 2.23. The normalized spacial score (nSPS) is 10.0. The van der Waals surface area contributed by atoms with E-state index in [0.717, 1.165) is 0 Å². The van der Waals surface area contributed by atoms with Crippen LogP contribution in [0.4, 0.5) is 0 Å². The molecule has 13 heavy (non-hydrogen) atoms. The van der Waals surface area contributed by atoms with Crippen molar-refractivity contribution in [3.8, 4) is 5.88 Å². The summed E-state index contributed by atoms with van der Waals surface area (Å²) in [6.07, 6.45) is 2.97. The molecular weight excluding hydrogens is 192 g/mol. The molecule has 0 aromatic carbocycles. The third-order valence-corrected chi connectivity index (χ3v) is 1.45. The predicted molar refractivity (Wildman–Crippen MR) is 49.0 cm³/mol. The van der Waals surface area contributed by atoms with Crippen LogP contribution in [0.5, 0.6) is 5.88 Å². The van der Waals surface area contributed by atoms with E-state index in [1.165, 1.54) is 12.4 Å². The van der Waals surface area contributed by atoms with Crippen LogP contribution in [-0.4, -0.2) is 29.8 Å². The Bertz CT molecular complexity index is 258. The molecule has 0 unspecified atom stereocenters. The fourth-order valence-corrected chi connectivity index (χ4v) is 0.884. The van der Waals surface area contributed by atoms with Crippen molar-refractivity contribution >= 4 is 11.6 Å². The highest BCUT2D eigenvalue weighted by atomic mass is 35.5. The summed E-state index contributed by atoms with van der Waals surface area (Å²) in [6.45, 7) is 3.62. The smallest absolute Gasteiger partial charge is 0.233 e. The van der Waals surface area contributed by atoms with Crippen LogP contribution in [0, 0.1) is 0 Å². The Hall–Kier alpha value is -0.870. The Morgan fingerprint density at radius 2 is 2.23 bits per heavy atom. The molecule has 0 spiro atoms. The Morgan fingerprint density at radius 3 is 2.92 bits per heavy atom. The molecule has 1 aromatic rings. The van der Waals surface area contributed by atoms with Gasteiger partial charge in [0.2, 0.25) is 5.88 Å². The van der Waals surface area contributed by atoms with E-state index in [4.69, 9.17) is 21.1 Å². The molecule has 1 rings (SSSR count). The molecule has 0 N–H and O–H groups in total. The molecule has 0 aliphatic heterocycles.